The molecule has 1 N–H and O–H groups in total. The molecule has 0 heterocycles. The fraction of sp³-hybridized carbons (Fsp3) is 0.333. The first-order chi connectivity index (χ1) is 7.21. The lowest BCUT2D eigenvalue weighted by Gasteiger charge is -2.11. The molecule has 0 aromatic heterocycles. The van der Waals surface area contributed by atoms with Crippen LogP contribution in [0.15, 0.2) is 40.6 Å². The molecule has 4 heteroatoms. The van der Waals surface area contributed by atoms with Gasteiger partial charge in [-0.2, -0.15) is 0 Å². The average Bonchev–Trinajstić information content (AvgIpc) is 2.15. The van der Waals surface area contributed by atoms with Gasteiger partial charge in [0.25, 0.3) is 0 Å². The minimum absolute atomic E-state index is 0.0733. The van der Waals surface area contributed by atoms with Crippen molar-refractivity contribution in [3.05, 3.63) is 40.8 Å². The summed E-state index contributed by atoms with van der Waals surface area (Å²) in [5.41, 5.74) is -0.0733. The first-order valence-corrected chi connectivity index (χ1v) is 6.94. The molecule has 16 heavy (non-hydrogen) atoms. The van der Waals surface area contributed by atoms with Crippen LogP contribution in [0.5, 0.6) is 0 Å². The highest BCUT2D eigenvalue weighted by atomic mass is 35.5. The number of halogens is 1. The third-order valence-electron chi connectivity index (χ3n) is 1.92. The Morgan fingerprint density at radius 1 is 1.25 bits per heavy atom. The van der Waals surface area contributed by atoms with Crippen molar-refractivity contribution < 1.29 is 4.21 Å². The van der Waals surface area contributed by atoms with E-state index in [1.165, 1.54) is 5.41 Å². The Morgan fingerprint density at radius 3 is 2.19 bits per heavy atom. The molecule has 1 atom stereocenters. The van der Waals surface area contributed by atoms with Gasteiger partial charge in [-0.05, 0) is 29.7 Å². The van der Waals surface area contributed by atoms with Crippen LogP contribution >= 0.6 is 11.6 Å². The van der Waals surface area contributed by atoms with Gasteiger partial charge < -0.3 is 0 Å². The molecule has 0 aliphatic heterocycles. The highest BCUT2D eigenvalue weighted by Gasteiger charge is 2.09. The molecular formula is C12H16ClNOS. The normalized spacial score (nSPS) is 16.2. The van der Waals surface area contributed by atoms with Crippen LogP contribution < -0.4 is 0 Å². The van der Waals surface area contributed by atoms with Crippen LogP contribution in [-0.4, -0.2) is 4.21 Å². The minimum Gasteiger partial charge on any atom is -0.245 e. The van der Waals surface area contributed by atoms with Crippen molar-refractivity contribution in [3.8, 4) is 0 Å². The van der Waals surface area contributed by atoms with Crippen molar-refractivity contribution in [3.63, 3.8) is 0 Å². The largest absolute Gasteiger partial charge is 0.245 e. The zero-order valence-electron chi connectivity index (χ0n) is 9.66. The van der Waals surface area contributed by atoms with Crippen molar-refractivity contribution in [2.45, 2.75) is 25.7 Å². The van der Waals surface area contributed by atoms with Gasteiger partial charge in [-0.25, -0.2) is 8.99 Å². The molecule has 2 nitrogen and oxygen atoms in total. The highest BCUT2D eigenvalue weighted by Crippen LogP contribution is 2.20. The monoisotopic (exact) mass is 257 g/mol. The van der Waals surface area contributed by atoms with E-state index < -0.39 is 9.73 Å². The molecule has 0 saturated carbocycles. The third-order valence-corrected chi connectivity index (χ3v) is 3.67. The lowest BCUT2D eigenvalue weighted by molar-refractivity contribution is 0.544. The average molecular weight is 258 g/mol. The molecule has 88 valence electrons. The number of benzene rings is 1. The number of nitrogens with one attached hydrogen (secondary N) is 1. The summed E-state index contributed by atoms with van der Waals surface area (Å²) in [4.78, 5) is 0.484. The smallest absolute Gasteiger partial charge is 0.0940 e. The van der Waals surface area contributed by atoms with Gasteiger partial charge in [-0.15, -0.1) is 0 Å². The van der Waals surface area contributed by atoms with Crippen molar-refractivity contribution in [1.82, 2.24) is 0 Å². The van der Waals surface area contributed by atoms with E-state index in [-0.39, 0.29) is 5.41 Å². The summed E-state index contributed by atoms with van der Waals surface area (Å²) >= 11 is 5.74. The summed E-state index contributed by atoms with van der Waals surface area (Å²) in [7, 11) is -2.85. The molecule has 0 bridgehead atoms. The highest BCUT2D eigenvalue weighted by molar-refractivity contribution is 7.95. The van der Waals surface area contributed by atoms with Crippen LogP contribution in [0.3, 0.4) is 0 Å². The van der Waals surface area contributed by atoms with Crippen LogP contribution in [-0.2, 0) is 9.73 Å². The summed E-state index contributed by atoms with van der Waals surface area (Å²) in [5, 5.41) is 2.05. The molecule has 0 aliphatic rings. The van der Waals surface area contributed by atoms with Gasteiger partial charge in [0.2, 0.25) is 0 Å². The van der Waals surface area contributed by atoms with E-state index in [1.54, 1.807) is 30.3 Å². The molecular weight excluding hydrogens is 242 g/mol. The third kappa shape index (κ3) is 3.99. The molecule has 0 radical (unpaired) electrons. The quantitative estimate of drug-likeness (QED) is 0.843. The van der Waals surface area contributed by atoms with Crippen LogP contribution in [0.25, 0.3) is 0 Å². The number of hydrogen-bond acceptors (Lipinski definition) is 2. The maximum absolute atomic E-state index is 12.1. The zero-order valence-corrected chi connectivity index (χ0v) is 11.2. The van der Waals surface area contributed by atoms with Crippen LogP contribution in [0.4, 0.5) is 0 Å². The Balaban J connectivity index is 3.04. The molecule has 0 aliphatic carbocycles. The first-order valence-electron chi connectivity index (χ1n) is 4.94. The molecule has 0 amide bonds. The van der Waals surface area contributed by atoms with E-state index in [0.717, 1.165) is 0 Å². The Kier molecular flexibility index (Phi) is 3.81. The maximum Gasteiger partial charge on any atom is 0.0940 e. The molecule has 0 spiro atoms. The second kappa shape index (κ2) is 4.60. The summed E-state index contributed by atoms with van der Waals surface area (Å²) in [6.07, 6.45) is 1.80. The zero-order chi connectivity index (χ0) is 12.4. The van der Waals surface area contributed by atoms with Crippen LogP contribution in [0, 0.1) is 10.2 Å². The van der Waals surface area contributed by atoms with Gasteiger partial charge in [-0.1, -0.05) is 38.4 Å². The molecule has 1 aromatic rings. The maximum atomic E-state index is 12.1. The lowest BCUT2D eigenvalue weighted by Crippen LogP contribution is -2.01. The van der Waals surface area contributed by atoms with Crippen molar-refractivity contribution >= 4 is 21.3 Å². The second-order valence-corrected chi connectivity index (χ2v) is 7.10. The van der Waals surface area contributed by atoms with Gasteiger partial charge in [0, 0.05) is 10.4 Å². The number of rotatable bonds is 2. The van der Waals surface area contributed by atoms with E-state index in [2.05, 4.69) is 0 Å². The van der Waals surface area contributed by atoms with Crippen molar-refractivity contribution in [2.75, 3.05) is 0 Å². The second-order valence-electron chi connectivity index (χ2n) is 4.72. The van der Waals surface area contributed by atoms with E-state index in [1.807, 2.05) is 20.8 Å². The Labute approximate surface area is 102 Å². The van der Waals surface area contributed by atoms with Gasteiger partial charge in [0.15, 0.2) is 0 Å². The van der Waals surface area contributed by atoms with Gasteiger partial charge in [-0.3, -0.25) is 0 Å². The van der Waals surface area contributed by atoms with E-state index in [0.29, 0.717) is 9.92 Å². The van der Waals surface area contributed by atoms with Crippen LogP contribution in [0.1, 0.15) is 20.8 Å². The van der Waals surface area contributed by atoms with Gasteiger partial charge in [0.1, 0.15) is 0 Å². The minimum atomic E-state index is -2.85. The predicted molar refractivity (Wildman–Crippen MR) is 69.2 cm³/mol. The Morgan fingerprint density at radius 2 is 1.75 bits per heavy atom. The molecule has 0 saturated heterocycles. The molecule has 0 fully saturated rings. The van der Waals surface area contributed by atoms with Gasteiger partial charge in [0.05, 0.1) is 14.6 Å². The van der Waals surface area contributed by atoms with E-state index in [4.69, 9.17) is 16.4 Å². The number of hydrogen-bond donors (Lipinski definition) is 1. The Hall–Kier alpha value is -0.800. The summed E-state index contributed by atoms with van der Waals surface area (Å²) < 4.78 is 19.9. The summed E-state index contributed by atoms with van der Waals surface area (Å²) in [5.74, 6) is 0. The van der Waals surface area contributed by atoms with Crippen molar-refractivity contribution in [1.29, 1.82) is 4.78 Å². The van der Waals surface area contributed by atoms with Crippen LogP contribution in [0.2, 0.25) is 5.02 Å². The van der Waals surface area contributed by atoms with E-state index in [9.17, 15) is 4.21 Å². The molecule has 1 rings (SSSR count). The first kappa shape index (κ1) is 13.3. The topological polar surface area (TPSA) is 40.9 Å². The molecule has 1 unspecified atom stereocenters. The van der Waals surface area contributed by atoms with E-state index >= 15 is 0 Å². The standard InChI is InChI=1S/C12H16ClNOS/c1-12(2,3)8-9-16(14,15)11-6-4-10(13)5-7-11/h4-9,14H,1-3H3/b9-8+. The Bertz CT molecular complexity index is 481. The predicted octanol–water partition coefficient (Wildman–Crippen LogP) is 4.31. The molecule has 1 aromatic carbocycles. The SMILES string of the molecule is CC(C)(C)/C=C/S(=N)(=O)c1ccc(Cl)cc1. The lowest BCUT2D eigenvalue weighted by atomic mass is 9.98. The number of allylic oxidation sites excluding steroid dienone is 1. The summed E-state index contributed by atoms with van der Waals surface area (Å²) in [6.45, 7) is 6.00. The summed E-state index contributed by atoms with van der Waals surface area (Å²) in [6, 6.07) is 6.56. The van der Waals surface area contributed by atoms with Crippen molar-refractivity contribution in [2.24, 2.45) is 5.41 Å². The fourth-order valence-corrected chi connectivity index (χ4v) is 2.44. The van der Waals surface area contributed by atoms with Gasteiger partial charge >= 0.3 is 0 Å². The fourth-order valence-electron chi connectivity index (χ4n) is 1.02.